The molecule has 4 nitrogen and oxygen atoms in total. The highest BCUT2D eigenvalue weighted by atomic mass is 19.3. The molecule has 0 saturated heterocycles. The number of ether oxygens (including phenoxy) is 1. The van der Waals surface area contributed by atoms with E-state index in [1.54, 1.807) is 7.05 Å². The molecule has 0 saturated carbocycles. The van der Waals surface area contributed by atoms with Crippen molar-refractivity contribution in [2.45, 2.75) is 45.6 Å². The fourth-order valence-corrected chi connectivity index (χ4v) is 3.00. The summed E-state index contributed by atoms with van der Waals surface area (Å²) in [5, 5.41) is 3.17. The summed E-state index contributed by atoms with van der Waals surface area (Å²) in [6, 6.07) is 5.47. The Kier molecular flexibility index (Phi) is 7.35. The Morgan fingerprint density at radius 2 is 1.82 bits per heavy atom. The van der Waals surface area contributed by atoms with Crippen LogP contribution in [-0.4, -0.2) is 29.2 Å². The molecule has 0 bridgehead atoms. The summed E-state index contributed by atoms with van der Waals surface area (Å²) in [5.74, 6) is 0.374. The molecule has 2 aromatic rings. The molecule has 0 radical (unpaired) electrons. The van der Waals surface area contributed by atoms with Gasteiger partial charge in [-0.05, 0) is 50.6 Å². The van der Waals surface area contributed by atoms with E-state index in [0.717, 1.165) is 12.5 Å². The van der Waals surface area contributed by atoms with Crippen LogP contribution in [0.3, 0.4) is 0 Å². The second-order valence-electron chi connectivity index (χ2n) is 7.35. The van der Waals surface area contributed by atoms with E-state index in [-0.39, 0.29) is 23.6 Å². The van der Waals surface area contributed by atoms with Crippen molar-refractivity contribution in [1.82, 2.24) is 15.3 Å². The lowest BCUT2D eigenvalue weighted by atomic mass is 9.92. The van der Waals surface area contributed by atoms with Gasteiger partial charge in [0, 0.05) is 17.3 Å². The van der Waals surface area contributed by atoms with E-state index < -0.39 is 24.2 Å². The summed E-state index contributed by atoms with van der Waals surface area (Å²) in [7, 11) is 1.80. The zero-order valence-electron chi connectivity index (χ0n) is 16.3. The van der Waals surface area contributed by atoms with Crippen LogP contribution in [0.2, 0.25) is 0 Å². The van der Waals surface area contributed by atoms with Gasteiger partial charge in [0.1, 0.15) is 23.7 Å². The highest BCUT2D eigenvalue weighted by Gasteiger charge is 2.26. The van der Waals surface area contributed by atoms with Gasteiger partial charge < -0.3 is 10.1 Å². The Balaban J connectivity index is 2.29. The molecule has 2 heterocycles. The summed E-state index contributed by atoms with van der Waals surface area (Å²) in [5.41, 5.74) is -0.888. The summed E-state index contributed by atoms with van der Waals surface area (Å²) >= 11 is 0. The first kappa shape index (κ1) is 22.1. The first-order valence-electron chi connectivity index (χ1n) is 9.00. The zero-order chi connectivity index (χ0) is 20.9. The van der Waals surface area contributed by atoms with Crippen LogP contribution in [0.15, 0.2) is 30.5 Å². The topological polar surface area (TPSA) is 47.0 Å². The van der Waals surface area contributed by atoms with Crippen LogP contribution in [0.4, 0.5) is 17.6 Å². The quantitative estimate of drug-likeness (QED) is 0.572. The fraction of sp³-hybridized carbons (Fsp3) is 0.500. The monoisotopic (exact) mass is 399 g/mol. The van der Waals surface area contributed by atoms with Crippen molar-refractivity contribution in [3.05, 3.63) is 41.9 Å². The predicted octanol–water partition coefficient (Wildman–Crippen LogP) is 5.42. The van der Waals surface area contributed by atoms with Gasteiger partial charge in [-0.15, -0.1) is 0 Å². The number of aromatic nitrogens is 2. The Morgan fingerprint density at radius 3 is 2.39 bits per heavy atom. The Morgan fingerprint density at radius 1 is 1.11 bits per heavy atom. The zero-order valence-corrected chi connectivity index (χ0v) is 16.3. The van der Waals surface area contributed by atoms with Crippen LogP contribution in [0.5, 0.6) is 5.75 Å². The second kappa shape index (κ2) is 9.32. The van der Waals surface area contributed by atoms with Gasteiger partial charge in [-0.25, -0.2) is 22.5 Å². The largest absolute Gasteiger partial charge is 0.490 e. The third kappa shape index (κ3) is 5.64. The molecule has 154 valence electrons. The molecule has 0 fully saturated rings. The molecular formula is C20H25F4N3O. The van der Waals surface area contributed by atoms with E-state index in [4.69, 9.17) is 4.74 Å². The number of hydrogen-bond acceptors (Lipinski definition) is 4. The van der Waals surface area contributed by atoms with Gasteiger partial charge in [0.2, 0.25) is 0 Å². The minimum atomic E-state index is -2.86. The van der Waals surface area contributed by atoms with Crippen LogP contribution in [0, 0.1) is 5.92 Å². The molecule has 0 spiro atoms. The average Bonchev–Trinajstić information content (AvgIpc) is 2.65. The second-order valence-corrected chi connectivity index (χ2v) is 7.35. The normalized spacial score (nSPS) is 14.0. The van der Waals surface area contributed by atoms with Gasteiger partial charge in [-0.1, -0.05) is 13.8 Å². The highest BCUT2D eigenvalue weighted by Crippen LogP contribution is 2.32. The Bertz CT molecular complexity index is 786. The number of halogens is 4. The molecule has 8 heteroatoms. The van der Waals surface area contributed by atoms with Crippen LogP contribution < -0.4 is 10.1 Å². The van der Waals surface area contributed by atoms with E-state index >= 15 is 0 Å². The van der Waals surface area contributed by atoms with E-state index in [1.807, 2.05) is 6.92 Å². The van der Waals surface area contributed by atoms with Gasteiger partial charge in [0.05, 0.1) is 5.69 Å². The fourth-order valence-electron chi connectivity index (χ4n) is 3.00. The van der Waals surface area contributed by atoms with Crippen LogP contribution >= 0.6 is 0 Å². The number of rotatable bonds is 9. The van der Waals surface area contributed by atoms with Crippen LogP contribution in [0.25, 0.3) is 11.3 Å². The Hall–Kier alpha value is -2.22. The molecule has 0 aliphatic carbocycles. The maximum absolute atomic E-state index is 13.6. The average molecular weight is 399 g/mol. The summed E-state index contributed by atoms with van der Waals surface area (Å²) in [6.07, 6.45) is -3.61. The number of hydrogen-bond donors (Lipinski definition) is 1. The molecule has 0 amide bonds. The van der Waals surface area contributed by atoms with Crippen molar-refractivity contribution in [1.29, 1.82) is 0 Å². The minimum absolute atomic E-state index is 0.0212. The number of nitrogens with zero attached hydrogens (tertiary/aromatic N) is 2. The van der Waals surface area contributed by atoms with Crippen molar-refractivity contribution >= 4 is 0 Å². The predicted molar refractivity (Wildman–Crippen MR) is 99.8 cm³/mol. The molecule has 2 rings (SSSR count). The minimum Gasteiger partial charge on any atom is -0.490 e. The molecular weight excluding hydrogens is 374 g/mol. The Labute approximate surface area is 162 Å². The van der Waals surface area contributed by atoms with Gasteiger partial charge in [0.25, 0.3) is 12.9 Å². The number of pyridine rings is 2. The molecule has 1 N–H and O–H groups in total. The van der Waals surface area contributed by atoms with Crippen LogP contribution in [0.1, 0.15) is 51.4 Å². The summed E-state index contributed by atoms with van der Waals surface area (Å²) < 4.78 is 58.5. The van der Waals surface area contributed by atoms with Crippen molar-refractivity contribution in [2.24, 2.45) is 5.92 Å². The lowest BCUT2D eigenvalue weighted by Gasteiger charge is -2.31. The lowest BCUT2D eigenvalue weighted by molar-refractivity contribution is 0.131. The molecule has 0 aliphatic heterocycles. The van der Waals surface area contributed by atoms with Crippen molar-refractivity contribution in [2.75, 3.05) is 13.7 Å². The summed E-state index contributed by atoms with van der Waals surface area (Å²) in [6.45, 7) is 6.28. The van der Waals surface area contributed by atoms with Crippen molar-refractivity contribution < 1.29 is 22.3 Å². The highest BCUT2D eigenvalue weighted by molar-refractivity contribution is 5.60. The molecule has 0 unspecified atom stereocenters. The maximum Gasteiger partial charge on any atom is 0.284 e. The first-order valence-corrected chi connectivity index (χ1v) is 9.00. The lowest BCUT2D eigenvalue weighted by Crippen LogP contribution is -2.46. The molecule has 1 atom stereocenters. The van der Waals surface area contributed by atoms with E-state index in [9.17, 15) is 17.6 Å². The number of likely N-dealkylation sites (N-methyl/N-ethyl adjacent to an activating group) is 1. The van der Waals surface area contributed by atoms with Gasteiger partial charge in [0.15, 0.2) is 0 Å². The number of alkyl halides is 4. The number of nitrogens with one attached hydrogen (secondary N) is 1. The third-order valence-electron chi connectivity index (χ3n) is 4.40. The van der Waals surface area contributed by atoms with E-state index in [2.05, 4.69) is 29.1 Å². The maximum atomic E-state index is 13.6. The molecule has 0 aliphatic rings. The third-order valence-corrected chi connectivity index (χ3v) is 4.40. The van der Waals surface area contributed by atoms with Gasteiger partial charge in [-0.2, -0.15) is 0 Å². The standard InChI is InChI=1S/C20H25F4N3O/c1-12(2)10-20(3,25-4)11-28-16-6-5-14(27-17(16)19(23)24)13-7-8-26-15(9-13)18(21)22/h5-9,12,18-19,25H,10-11H2,1-4H3/t20-/m0/s1. The van der Waals surface area contributed by atoms with Crippen molar-refractivity contribution in [3.8, 4) is 17.0 Å². The van der Waals surface area contributed by atoms with Crippen LogP contribution in [-0.2, 0) is 0 Å². The summed E-state index contributed by atoms with van der Waals surface area (Å²) in [4.78, 5) is 7.53. The molecule has 0 aromatic carbocycles. The molecule has 28 heavy (non-hydrogen) atoms. The van der Waals surface area contributed by atoms with Gasteiger partial charge >= 0.3 is 0 Å². The molecule has 2 aromatic heterocycles. The SMILES string of the molecule is CN[C@](C)(COc1ccc(-c2ccnc(C(F)F)c2)nc1C(F)F)CC(C)C. The first-order chi connectivity index (χ1) is 13.1. The smallest absolute Gasteiger partial charge is 0.284 e. The van der Waals surface area contributed by atoms with E-state index in [0.29, 0.717) is 11.5 Å². The van der Waals surface area contributed by atoms with Crippen molar-refractivity contribution in [3.63, 3.8) is 0 Å². The van der Waals surface area contributed by atoms with Gasteiger partial charge in [-0.3, -0.25) is 4.98 Å². The van der Waals surface area contributed by atoms with E-state index in [1.165, 1.54) is 24.4 Å².